The van der Waals surface area contributed by atoms with E-state index in [1.807, 2.05) is 53.2 Å². The van der Waals surface area contributed by atoms with Crippen molar-refractivity contribution in [2.45, 2.75) is 39.4 Å². The van der Waals surface area contributed by atoms with Crippen molar-refractivity contribution in [1.82, 2.24) is 19.7 Å². The second kappa shape index (κ2) is 8.31. The first-order valence-corrected chi connectivity index (χ1v) is 9.23. The number of hydrogen-bond donors (Lipinski definition) is 1. The number of para-hydroxylation sites is 1. The molecule has 0 aliphatic carbocycles. The number of carboxylic acid groups (broad SMARTS) is 1. The first kappa shape index (κ1) is 19.0. The highest BCUT2D eigenvalue weighted by Gasteiger charge is 2.26. The number of fused-ring (bicyclic) bond motifs is 1. The van der Waals surface area contributed by atoms with Crippen molar-refractivity contribution >= 4 is 16.9 Å². The van der Waals surface area contributed by atoms with Crippen molar-refractivity contribution in [3.05, 3.63) is 60.0 Å². The zero-order valence-corrected chi connectivity index (χ0v) is 16.0. The maximum Gasteiger partial charge on any atom is 0.325 e. The van der Waals surface area contributed by atoms with Crippen LogP contribution in [0.2, 0.25) is 0 Å². The quantitative estimate of drug-likeness (QED) is 0.658. The van der Waals surface area contributed by atoms with Crippen LogP contribution < -0.4 is 0 Å². The van der Waals surface area contributed by atoms with E-state index in [1.54, 1.807) is 12.4 Å². The molecular weight excluding hydrogens is 340 g/mol. The van der Waals surface area contributed by atoms with Gasteiger partial charge in [0.1, 0.15) is 6.04 Å². The van der Waals surface area contributed by atoms with E-state index in [9.17, 15) is 9.90 Å². The van der Waals surface area contributed by atoms with Crippen molar-refractivity contribution in [2.75, 3.05) is 7.05 Å². The number of aliphatic carboxylic acids is 1. The first-order chi connectivity index (χ1) is 13.0. The van der Waals surface area contributed by atoms with Crippen LogP contribution in [0.25, 0.3) is 10.9 Å². The van der Waals surface area contributed by atoms with Crippen LogP contribution in [0.1, 0.15) is 37.4 Å². The Bertz CT molecular complexity index is 914. The molecule has 2 heterocycles. The highest BCUT2D eigenvalue weighted by molar-refractivity contribution is 5.82. The smallest absolute Gasteiger partial charge is 0.325 e. The number of aryl methyl sites for hydroxylation is 1. The van der Waals surface area contributed by atoms with Crippen LogP contribution in [0.3, 0.4) is 0 Å². The number of carbonyl (C=O) groups is 1. The van der Waals surface area contributed by atoms with Crippen molar-refractivity contribution in [3.63, 3.8) is 0 Å². The van der Waals surface area contributed by atoms with Crippen LogP contribution in [0, 0.1) is 5.92 Å². The zero-order chi connectivity index (χ0) is 19.4. The van der Waals surface area contributed by atoms with Crippen molar-refractivity contribution < 1.29 is 9.90 Å². The Balaban J connectivity index is 1.81. The van der Waals surface area contributed by atoms with Crippen LogP contribution in [-0.2, 0) is 17.9 Å². The topological polar surface area (TPSA) is 71.2 Å². The molecule has 0 fully saturated rings. The lowest BCUT2D eigenvalue weighted by Gasteiger charge is -2.24. The number of carboxylic acids is 1. The molecule has 0 saturated heterocycles. The molecule has 0 aliphatic heterocycles. The molecule has 1 N–H and O–H groups in total. The van der Waals surface area contributed by atoms with Gasteiger partial charge in [-0.25, -0.2) is 0 Å². The number of hydrogen-bond acceptors (Lipinski definition) is 4. The Kier molecular flexibility index (Phi) is 5.86. The second-order valence-electron chi connectivity index (χ2n) is 7.36. The standard InChI is InChI=1S/C21H26N4O2/c1-15(2)9-11-25-14-17(12-23-25)20(21(26)27)24(3)13-16-8-10-22-19-7-5-4-6-18(16)19/h4-8,10,12,14-15,20H,9,11,13H2,1-3H3,(H,26,27)/t20-/m0/s1. The molecule has 27 heavy (non-hydrogen) atoms. The minimum Gasteiger partial charge on any atom is -0.480 e. The number of aromatic nitrogens is 3. The monoisotopic (exact) mass is 366 g/mol. The SMILES string of the molecule is CC(C)CCn1cc([C@@H](C(=O)O)N(C)Cc2ccnc3ccccc23)cn1. The van der Waals surface area contributed by atoms with Crippen LogP contribution in [0.4, 0.5) is 0 Å². The summed E-state index contributed by atoms with van der Waals surface area (Å²) in [6.45, 7) is 5.63. The van der Waals surface area contributed by atoms with Gasteiger partial charge in [0.05, 0.1) is 11.7 Å². The molecule has 1 aromatic carbocycles. The van der Waals surface area contributed by atoms with E-state index in [2.05, 4.69) is 23.9 Å². The lowest BCUT2D eigenvalue weighted by molar-refractivity contribution is -0.143. The molecule has 3 rings (SSSR count). The van der Waals surface area contributed by atoms with Crippen molar-refractivity contribution in [1.29, 1.82) is 0 Å². The molecule has 0 radical (unpaired) electrons. The summed E-state index contributed by atoms with van der Waals surface area (Å²) in [7, 11) is 1.83. The maximum absolute atomic E-state index is 12.0. The summed E-state index contributed by atoms with van der Waals surface area (Å²) < 4.78 is 1.83. The lowest BCUT2D eigenvalue weighted by Crippen LogP contribution is -2.30. The number of nitrogens with zero attached hydrogens (tertiary/aromatic N) is 4. The summed E-state index contributed by atoms with van der Waals surface area (Å²) in [6, 6.07) is 9.11. The Labute approximate surface area is 159 Å². The Morgan fingerprint density at radius 3 is 2.78 bits per heavy atom. The summed E-state index contributed by atoms with van der Waals surface area (Å²) in [4.78, 5) is 18.2. The van der Waals surface area contributed by atoms with Gasteiger partial charge in [-0.3, -0.25) is 19.4 Å². The summed E-state index contributed by atoms with van der Waals surface area (Å²) in [5.41, 5.74) is 2.67. The maximum atomic E-state index is 12.0. The molecule has 2 aromatic heterocycles. The van der Waals surface area contributed by atoms with Gasteiger partial charge in [0.15, 0.2) is 0 Å². The van der Waals surface area contributed by atoms with Crippen LogP contribution in [0.5, 0.6) is 0 Å². The molecule has 0 aliphatic rings. The van der Waals surface area contributed by atoms with E-state index in [-0.39, 0.29) is 0 Å². The fraction of sp³-hybridized carbons (Fsp3) is 0.381. The zero-order valence-electron chi connectivity index (χ0n) is 16.0. The molecule has 3 aromatic rings. The highest BCUT2D eigenvalue weighted by Crippen LogP contribution is 2.24. The van der Waals surface area contributed by atoms with Gasteiger partial charge in [-0.1, -0.05) is 32.0 Å². The third kappa shape index (κ3) is 4.52. The van der Waals surface area contributed by atoms with Crippen molar-refractivity contribution in [3.8, 4) is 0 Å². The normalized spacial score (nSPS) is 12.8. The Morgan fingerprint density at radius 2 is 2.04 bits per heavy atom. The second-order valence-corrected chi connectivity index (χ2v) is 7.36. The number of rotatable bonds is 8. The fourth-order valence-electron chi connectivity index (χ4n) is 3.27. The summed E-state index contributed by atoms with van der Waals surface area (Å²) in [5.74, 6) is -0.296. The molecule has 6 nitrogen and oxygen atoms in total. The van der Waals surface area contributed by atoms with Gasteiger partial charge >= 0.3 is 5.97 Å². The van der Waals surface area contributed by atoms with Crippen molar-refractivity contribution in [2.24, 2.45) is 5.92 Å². The van der Waals surface area contributed by atoms with Gasteiger partial charge in [0, 0.05) is 36.4 Å². The molecular formula is C21H26N4O2. The van der Waals surface area contributed by atoms with Gasteiger partial charge in [0.2, 0.25) is 0 Å². The molecule has 0 saturated carbocycles. The van der Waals surface area contributed by atoms with E-state index >= 15 is 0 Å². The van der Waals surface area contributed by atoms with Crippen LogP contribution >= 0.6 is 0 Å². The van der Waals surface area contributed by atoms with Gasteiger partial charge in [-0.05, 0) is 37.1 Å². The highest BCUT2D eigenvalue weighted by atomic mass is 16.4. The predicted octanol–water partition coefficient (Wildman–Crippen LogP) is 3.74. The average Bonchev–Trinajstić information content (AvgIpc) is 3.08. The third-order valence-electron chi connectivity index (χ3n) is 4.74. The molecule has 0 bridgehead atoms. The van der Waals surface area contributed by atoms with E-state index in [0.29, 0.717) is 18.0 Å². The molecule has 1 atom stereocenters. The number of likely N-dealkylation sites (N-methyl/N-ethyl adjacent to an activating group) is 1. The van der Waals surface area contributed by atoms with Gasteiger partial charge in [-0.2, -0.15) is 5.10 Å². The lowest BCUT2D eigenvalue weighted by atomic mass is 10.1. The van der Waals surface area contributed by atoms with Crippen LogP contribution in [0.15, 0.2) is 48.9 Å². The van der Waals surface area contributed by atoms with E-state index in [4.69, 9.17) is 0 Å². The number of benzene rings is 1. The molecule has 0 unspecified atom stereocenters. The molecule has 0 spiro atoms. The molecule has 142 valence electrons. The van der Waals surface area contributed by atoms with E-state index < -0.39 is 12.0 Å². The first-order valence-electron chi connectivity index (χ1n) is 9.23. The predicted molar refractivity (Wildman–Crippen MR) is 105 cm³/mol. The minimum absolute atomic E-state index is 0.511. The Morgan fingerprint density at radius 1 is 1.26 bits per heavy atom. The summed E-state index contributed by atoms with van der Waals surface area (Å²) >= 11 is 0. The average molecular weight is 366 g/mol. The van der Waals surface area contributed by atoms with Gasteiger partial charge in [0.25, 0.3) is 0 Å². The van der Waals surface area contributed by atoms with E-state index in [0.717, 1.165) is 29.4 Å². The largest absolute Gasteiger partial charge is 0.480 e. The summed E-state index contributed by atoms with van der Waals surface area (Å²) in [5, 5.41) is 15.2. The fourth-order valence-corrected chi connectivity index (χ4v) is 3.27. The third-order valence-corrected chi connectivity index (χ3v) is 4.74. The molecule has 6 heteroatoms. The molecule has 0 amide bonds. The van der Waals surface area contributed by atoms with Gasteiger partial charge < -0.3 is 5.11 Å². The van der Waals surface area contributed by atoms with Gasteiger partial charge in [-0.15, -0.1) is 0 Å². The Hall–Kier alpha value is -2.73. The number of pyridine rings is 1. The summed E-state index contributed by atoms with van der Waals surface area (Å²) in [6.07, 6.45) is 6.30. The van der Waals surface area contributed by atoms with E-state index in [1.165, 1.54) is 0 Å². The minimum atomic E-state index is -0.876. The van der Waals surface area contributed by atoms with Crippen LogP contribution in [-0.4, -0.2) is 37.8 Å².